The lowest BCUT2D eigenvalue weighted by molar-refractivity contribution is -0.143. The number of nitrogens with two attached hydrogens (primary N) is 1. The maximum atomic E-state index is 12.0. The van der Waals surface area contributed by atoms with Crippen LogP contribution in [0.15, 0.2) is 0 Å². The summed E-state index contributed by atoms with van der Waals surface area (Å²) in [6.07, 6.45) is 0.216. The van der Waals surface area contributed by atoms with Gasteiger partial charge < -0.3 is 31.7 Å². The van der Waals surface area contributed by atoms with Gasteiger partial charge in [-0.25, -0.2) is 4.79 Å². The summed E-state index contributed by atoms with van der Waals surface area (Å²) < 4.78 is 0. The molecule has 0 fully saturated rings. The highest BCUT2D eigenvalue weighted by molar-refractivity contribution is 5.90. The van der Waals surface area contributed by atoms with Crippen LogP contribution in [0.3, 0.4) is 0 Å². The quantitative estimate of drug-likeness (QED) is 0.255. The lowest BCUT2D eigenvalue weighted by Gasteiger charge is -2.22. The maximum absolute atomic E-state index is 12.0. The van der Waals surface area contributed by atoms with Crippen LogP contribution in [0.1, 0.15) is 33.1 Å². The van der Waals surface area contributed by atoms with Crippen LogP contribution in [-0.2, 0) is 19.2 Å². The SMILES string of the molecule is CC(C)[C@@H](NC(=O)[C@@H](CO)NC(=O)CCC[C@H](N)C(=O)O)C(=O)O. The van der Waals surface area contributed by atoms with Crippen LogP contribution in [0.5, 0.6) is 0 Å². The van der Waals surface area contributed by atoms with Gasteiger partial charge in [0.15, 0.2) is 0 Å². The summed E-state index contributed by atoms with van der Waals surface area (Å²) in [5.74, 6) is -4.15. The number of aliphatic hydroxyl groups is 1. The fraction of sp³-hybridized carbons (Fsp3) is 0.714. The summed E-state index contributed by atoms with van der Waals surface area (Å²) in [5, 5.41) is 31.4. The molecule has 10 heteroatoms. The summed E-state index contributed by atoms with van der Waals surface area (Å²) in [4.78, 5) is 45.3. The van der Waals surface area contributed by atoms with Crippen LogP contribution in [0.25, 0.3) is 0 Å². The molecule has 0 saturated carbocycles. The molecular weight excluding hydrogens is 322 g/mol. The van der Waals surface area contributed by atoms with Crippen molar-refractivity contribution in [2.75, 3.05) is 6.61 Å². The fourth-order valence-corrected chi connectivity index (χ4v) is 1.83. The first-order valence-electron chi connectivity index (χ1n) is 7.51. The van der Waals surface area contributed by atoms with Crippen molar-refractivity contribution in [1.29, 1.82) is 0 Å². The number of amides is 2. The second-order valence-corrected chi connectivity index (χ2v) is 5.71. The van der Waals surface area contributed by atoms with Crippen molar-refractivity contribution in [1.82, 2.24) is 10.6 Å². The number of hydrogen-bond acceptors (Lipinski definition) is 6. The Morgan fingerprint density at radius 1 is 1.04 bits per heavy atom. The molecule has 3 atom stereocenters. The minimum atomic E-state index is -1.29. The number of carbonyl (C=O) groups is 4. The summed E-state index contributed by atoms with van der Waals surface area (Å²) in [7, 11) is 0. The molecule has 7 N–H and O–H groups in total. The molecule has 0 bridgehead atoms. The third kappa shape index (κ3) is 7.88. The molecule has 0 aliphatic heterocycles. The summed E-state index contributed by atoms with van der Waals surface area (Å²) in [6, 6.07) is -3.50. The van der Waals surface area contributed by atoms with Crippen LogP contribution < -0.4 is 16.4 Å². The molecular formula is C14H25N3O7. The van der Waals surface area contributed by atoms with Gasteiger partial charge in [-0.3, -0.25) is 14.4 Å². The van der Waals surface area contributed by atoms with Crippen molar-refractivity contribution in [2.45, 2.75) is 51.2 Å². The van der Waals surface area contributed by atoms with Gasteiger partial charge in [-0.2, -0.15) is 0 Å². The molecule has 0 aromatic heterocycles. The number of nitrogens with one attached hydrogen (secondary N) is 2. The normalized spacial score (nSPS) is 14.5. The summed E-state index contributed by atoms with van der Waals surface area (Å²) in [5.41, 5.74) is 5.30. The predicted octanol–water partition coefficient (Wildman–Crippen LogP) is -1.73. The maximum Gasteiger partial charge on any atom is 0.326 e. The highest BCUT2D eigenvalue weighted by Crippen LogP contribution is 2.03. The van der Waals surface area contributed by atoms with E-state index in [4.69, 9.17) is 15.9 Å². The number of rotatable bonds is 11. The fourth-order valence-electron chi connectivity index (χ4n) is 1.83. The van der Waals surface area contributed by atoms with E-state index in [0.29, 0.717) is 0 Å². The molecule has 0 heterocycles. The molecule has 0 aliphatic carbocycles. The van der Waals surface area contributed by atoms with E-state index in [-0.39, 0.29) is 25.2 Å². The van der Waals surface area contributed by atoms with Gasteiger partial charge in [0.05, 0.1) is 6.61 Å². The van der Waals surface area contributed by atoms with Crippen molar-refractivity contribution in [3.05, 3.63) is 0 Å². The van der Waals surface area contributed by atoms with Crippen molar-refractivity contribution in [3.8, 4) is 0 Å². The summed E-state index contributed by atoms with van der Waals surface area (Å²) in [6.45, 7) is 2.52. The van der Waals surface area contributed by atoms with Gasteiger partial charge in [-0.15, -0.1) is 0 Å². The molecule has 0 aromatic rings. The third-order valence-electron chi connectivity index (χ3n) is 3.30. The number of carbonyl (C=O) groups excluding carboxylic acids is 2. The Labute approximate surface area is 139 Å². The van der Waals surface area contributed by atoms with E-state index < -0.39 is 48.5 Å². The molecule has 0 unspecified atom stereocenters. The minimum Gasteiger partial charge on any atom is -0.480 e. The molecule has 0 rings (SSSR count). The lowest BCUT2D eigenvalue weighted by atomic mass is 10.0. The zero-order chi connectivity index (χ0) is 18.9. The van der Waals surface area contributed by atoms with Crippen molar-refractivity contribution in [3.63, 3.8) is 0 Å². The number of hydrogen-bond donors (Lipinski definition) is 6. The Bertz CT molecular complexity index is 467. The van der Waals surface area contributed by atoms with E-state index in [0.717, 1.165) is 0 Å². The molecule has 0 aliphatic rings. The van der Waals surface area contributed by atoms with Crippen LogP contribution >= 0.6 is 0 Å². The van der Waals surface area contributed by atoms with Crippen LogP contribution in [0.4, 0.5) is 0 Å². The van der Waals surface area contributed by atoms with E-state index in [1.165, 1.54) is 0 Å². The van der Waals surface area contributed by atoms with Gasteiger partial charge >= 0.3 is 11.9 Å². The monoisotopic (exact) mass is 347 g/mol. The zero-order valence-corrected chi connectivity index (χ0v) is 13.7. The molecule has 138 valence electrons. The number of carboxylic acids is 2. The van der Waals surface area contributed by atoms with E-state index in [2.05, 4.69) is 10.6 Å². The lowest BCUT2D eigenvalue weighted by Crippen LogP contribution is -2.54. The van der Waals surface area contributed by atoms with E-state index in [1.54, 1.807) is 13.8 Å². The zero-order valence-electron chi connectivity index (χ0n) is 13.7. The first kappa shape index (κ1) is 21.8. The smallest absolute Gasteiger partial charge is 0.326 e. The Kier molecular flexibility index (Phi) is 9.58. The summed E-state index contributed by atoms with van der Waals surface area (Å²) >= 11 is 0. The Balaban J connectivity index is 4.47. The van der Waals surface area contributed by atoms with Gasteiger partial charge in [-0.05, 0) is 18.8 Å². The topological polar surface area (TPSA) is 179 Å². The van der Waals surface area contributed by atoms with Gasteiger partial charge in [0.1, 0.15) is 18.1 Å². The van der Waals surface area contributed by atoms with E-state index in [9.17, 15) is 24.3 Å². The number of aliphatic carboxylic acids is 2. The highest BCUT2D eigenvalue weighted by Gasteiger charge is 2.28. The first-order valence-corrected chi connectivity index (χ1v) is 7.51. The third-order valence-corrected chi connectivity index (χ3v) is 3.30. The molecule has 0 aromatic carbocycles. The standard InChI is InChI=1S/C14H25N3O7/c1-7(2)11(14(23)24)17-12(20)9(6-18)16-10(19)5-3-4-8(15)13(21)22/h7-9,11,18H,3-6,15H2,1-2H3,(H,16,19)(H,17,20)(H,21,22)(H,23,24)/t8-,9+,11+/m0/s1. The van der Waals surface area contributed by atoms with Gasteiger partial charge in [-0.1, -0.05) is 13.8 Å². The average molecular weight is 347 g/mol. The molecule has 24 heavy (non-hydrogen) atoms. The molecule has 10 nitrogen and oxygen atoms in total. The van der Waals surface area contributed by atoms with Crippen LogP contribution in [0.2, 0.25) is 0 Å². The average Bonchev–Trinajstić information content (AvgIpc) is 2.48. The largest absolute Gasteiger partial charge is 0.480 e. The Morgan fingerprint density at radius 3 is 2.04 bits per heavy atom. The Hall–Kier alpha value is -2.20. The van der Waals surface area contributed by atoms with Gasteiger partial charge in [0.25, 0.3) is 0 Å². The van der Waals surface area contributed by atoms with Crippen molar-refractivity contribution < 1.29 is 34.5 Å². The van der Waals surface area contributed by atoms with E-state index in [1.807, 2.05) is 0 Å². The van der Waals surface area contributed by atoms with Gasteiger partial charge in [0, 0.05) is 6.42 Å². The van der Waals surface area contributed by atoms with Gasteiger partial charge in [0.2, 0.25) is 11.8 Å². The number of aliphatic hydroxyl groups excluding tert-OH is 1. The van der Waals surface area contributed by atoms with Crippen LogP contribution in [-0.4, -0.2) is 63.8 Å². The van der Waals surface area contributed by atoms with E-state index >= 15 is 0 Å². The molecule has 0 saturated heterocycles. The minimum absolute atomic E-state index is 0.0721. The van der Waals surface area contributed by atoms with Crippen LogP contribution in [0, 0.1) is 5.92 Å². The second-order valence-electron chi connectivity index (χ2n) is 5.71. The Morgan fingerprint density at radius 2 is 1.62 bits per heavy atom. The first-order chi connectivity index (χ1) is 11.1. The molecule has 0 spiro atoms. The highest BCUT2D eigenvalue weighted by atomic mass is 16.4. The molecule has 2 amide bonds. The molecule has 0 radical (unpaired) electrons. The predicted molar refractivity (Wildman–Crippen MR) is 82.9 cm³/mol. The second kappa shape index (κ2) is 10.6. The van der Waals surface area contributed by atoms with Crippen molar-refractivity contribution >= 4 is 23.8 Å². The van der Waals surface area contributed by atoms with Crippen molar-refractivity contribution in [2.24, 2.45) is 11.7 Å². The number of carboxylic acid groups (broad SMARTS) is 2.